The molecule has 1 amide bonds. The monoisotopic (exact) mass is 381 g/mol. The number of nitrogens with one attached hydrogen (secondary N) is 2. The largest absolute Gasteiger partial charge is 0.493 e. The highest BCUT2D eigenvalue weighted by molar-refractivity contribution is 5.92. The molecule has 0 bridgehead atoms. The highest BCUT2D eigenvalue weighted by Gasteiger charge is 2.16. The lowest BCUT2D eigenvalue weighted by Crippen LogP contribution is -3.12. The second-order valence-electron chi connectivity index (χ2n) is 6.83. The van der Waals surface area contributed by atoms with Gasteiger partial charge in [-0.3, -0.25) is 4.79 Å². The maximum absolute atomic E-state index is 12.3. The van der Waals surface area contributed by atoms with E-state index < -0.39 is 0 Å². The number of rotatable bonds is 8. The first kappa shape index (κ1) is 20.1. The molecule has 0 spiro atoms. The quantitative estimate of drug-likeness (QED) is 0.686. The molecular formula is C23H29N2O3+. The molecule has 2 aromatic carbocycles. The van der Waals surface area contributed by atoms with Gasteiger partial charge in [0.25, 0.3) is 0 Å². The van der Waals surface area contributed by atoms with Crippen molar-refractivity contribution in [3.05, 3.63) is 71.3 Å². The molecule has 5 nitrogen and oxygen atoms in total. The van der Waals surface area contributed by atoms with Crippen molar-refractivity contribution in [3.8, 4) is 5.75 Å². The molecule has 3 rings (SSSR count). The molecular weight excluding hydrogens is 352 g/mol. The van der Waals surface area contributed by atoms with Crippen LogP contribution in [0.15, 0.2) is 54.6 Å². The minimum Gasteiger partial charge on any atom is -0.493 e. The fraction of sp³-hybridized carbons (Fsp3) is 0.348. The molecule has 1 heterocycles. The van der Waals surface area contributed by atoms with E-state index in [2.05, 4.69) is 23.5 Å². The van der Waals surface area contributed by atoms with Crippen LogP contribution in [-0.2, 0) is 22.6 Å². The smallest absolute Gasteiger partial charge is 0.244 e. The minimum atomic E-state index is -0.111. The fourth-order valence-electron chi connectivity index (χ4n) is 3.32. The van der Waals surface area contributed by atoms with Crippen molar-refractivity contribution in [3.63, 3.8) is 0 Å². The molecule has 1 aliphatic heterocycles. The van der Waals surface area contributed by atoms with E-state index in [-0.39, 0.29) is 5.91 Å². The van der Waals surface area contributed by atoms with Gasteiger partial charge in [-0.15, -0.1) is 0 Å². The average molecular weight is 381 g/mol. The number of carbonyl (C=O) groups excluding carboxylic acids is 1. The third-order valence-corrected chi connectivity index (χ3v) is 4.84. The number of ether oxygens (including phenoxy) is 2. The van der Waals surface area contributed by atoms with Gasteiger partial charge in [0.1, 0.15) is 25.4 Å². The summed E-state index contributed by atoms with van der Waals surface area (Å²) in [6.45, 7) is 7.74. The number of amides is 1. The Morgan fingerprint density at radius 2 is 1.82 bits per heavy atom. The first-order valence-electron chi connectivity index (χ1n) is 9.92. The summed E-state index contributed by atoms with van der Waals surface area (Å²) in [6.07, 6.45) is 3.36. The average Bonchev–Trinajstić information content (AvgIpc) is 2.73. The lowest BCUT2D eigenvalue weighted by molar-refractivity contribution is -0.921. The number of quaternary nitrogens is 1. The van der Waals surface area contributed by atoms with Gasteiger partial charge in [-0.25, -0.2) is 0 Å². The molecule has 1 saturated heterocycles. The molecule has 2 aromatic rings. The Labute approximate surface area is 167 Å². The van der Waals surface area contributed by atoms with Gasteiger partial charge in [-0.2, -0.15) is 0 Å². The number of para-hydroxylation sites is 1. The van der Waals surface area contributed by atoms with Gasteiger partial charge in [-0.05, 0) is 24.6 Å². The second-order valence-corrected chi connectivity index (χ2v) is 6.83. The van der Waals surface area contributed by atoms with E-state index in [0.717, 1.165) is 49.7 Å². The zero-order valence-corrected chi connectivity index (χ0v) is 16.4. The van der Waals surface area contributed by atoms with E-state index in [9.17, 15) is 4.79 Å². The molecule has 0 aliphatic carbocycles. The van der Waals surface area contributed by atoms with Crippen molar-refractivity contribution in [1.82, 2.24) is 5.32 Å². The SMILES string of the molecule is CCOc1ccccc1/C=C/C(=O)NCc1ccccc1C[NH+]1CCOCC1. The molecule has 0 unspecified atom stereocenters. The molecule has 5 heteroatoms. The lowest BCUT2D eigenvalue weighted by atomic mass is 10.1. The van der Waals surface area contributed by atoms with Crippen LogP contribution >= 0.6 is 0 Å². The zero-order chi connectivity index (χ0) is 19.6. The van der Waals surface area contributed by atoms with E-state index in [4.69, 9.17) is 9.47 Å². The summed E-state index contributed by atoms with van der Waals surface area (Å²) in [5.41, 5.74) is 3.35. The first-order chi connectivity index (χ1) is 13.8. The van der Waals surface area contributed by atoms with Crippen LogP contribution < -0.4 is 15.0 Å². The summed E-state index contributed by atoms with van der Waals surface area (Å²) in [5.74, 6) is 0.674. The molecule has 2 N–H and O–H groups in total. The van der Waals surface area contributed by atoms with E-state index in [1.807, 2.05) is 37.3 Å². The van der Waals surface area contributed by atoms with Crippen LogP contribution in [0.1, 0.15) is 23.6 Å². The number of carbonyl (C=O) groups is 1. The summed E-state index contributed by atoms with van der Waals surface area (Å²) < 4.78 is 11.0. The maximum Gasteiger partial charge on any atom is 0.244 e. The molecule has 1 aliphatic rings. The van der Waals surface area contributed by atoms with Crippen molar-refractivity contribution < 1.29 is 19.2 Å². The Bertz CT molecular complexity index is 798. The molecule has 28 heavy (non-hydrogen) atoms. The zero-order valence-electron chi connectivity index (χ0n) is 16.4. The highest BCUT2D eigenvalue weighted by Crippen LogP contribution is 2.19. The Balaban J connectivity index is 1.57. The van der Waals surface area contributed by atoms with Crippen LogP contribution in [0.4, 0.5) is 0 Å². The summed E-state index contributed by atoms with van der Waals surface area (Å²) in [5, 5.41) is 3.00. The predicted octanol–water partition coefficient (Wildman–Crippen LogP) is 1.83. The third-order valence-electron chi connectivity index (χ3n) is 4.84. The van der Waals surface area contributed by atoms with E-state index >= 15 is 0 Å². The van der Waals surface area contributed by atoms with Gasteiger partial charge < -0.3 is 19.7 Å². The Morgan fingerprint density at radius 3 is 2.61 bits per heavy atom. The van der Waals surface area contributed by atoms with Gasteiger partial charge in [-0.1, -0.05) is 42.5 Å². The van der Waals surface area contributed by atoms with Gasteiger partial charge in [0, 0.05) is 23.7 Å². The number of morpholine rings is 1. The number of hydrogen-bond donors (Lipinski definition) is 2. The second kappa shape index (κ2) is 10.6. The van der Waals surface area contributed by atoms with Gasteiger partial charge in [0.15, 0.2) is 0 Å². The highest BCUT2D eigenvalue weighted by atomic mass is 16.5. The normalized spacial score (nSPS) is 14.9. The van der Waals surface area contributed by atoms with Gasteiger partial charge in [0.2, 0.25) is 5.91 Å². The van der Waals surface area contributed by atoms with Crippen LogP contribution in [0.3, 0.4) is 0 Å². The van der Waals surface area contributed by atoms with Crippen molar-refractivity contribution in [2.75, 3.05) is 32.9 Å². The Morgan fingerprint density at radius 1 is 1.11 bits per heavy atom. The third kappa shape index (κ3) is 5.94. The summed E-state index contributed by atoms with van der Waals surface area (Å²) in [7, 11) is 0. The number of benzene rings is 2. The minimum absolute atomic E-state index is 0.111. The molecule has 1 fully saturated rings. The van der Waals surface area contributed by atoms with E-state index in [0.29, 0.717) is 13.2 Å². The van der Waals surface area contributed by atoms with Crippen molar-refractivity contribution in [1.29, 1.82) is 0 Å². The molecule has 0 atom stereocenters. The van der Waals surface area contributed by atoms with E-state index in [1.165, 1.54) is 10.5 Å². The standard InChI is InChI=1S/C23H28N2O3/c1-2-28-22-10-6-5-7-19(22)11-12-23(26)24-17-20-8-3-4-9-21(20)18-25-13-15-27-16-14-25/h3-12H,2,13-18H2,1H3,(H,24,26)/p+1/b12-11+. The van der Waals surface area contributed by atoms with Crippen LogP contribution in [0.25, 0.3) is 6.08 Å². The maximum atomic E-state index is 12.3. The number of hydrogen-bond acceptors (Lipinski definition) is 3. The molecule has 148 valence electrons. The predicted molar refractivity (Wildman–Crippen MR) is 110 cm³/mol. The molecule has 0 aromatic heterocycles. The van der Waals surface area contributed by atoms with Crippen LogP contribution in [0.5, 0.6) is 5.75 Å². The van der Waals surface area contributed by atoms with Crippen molar-refractivity contribution in [2.45, 2.75) is 20.0 Å². The molecule has 0 saturated carbocycles. The first-order valence-corrected chi connectivity index (χ1v) is 9.92. The Hall–Kier alpha value is -2.63. The van der Waals surface area contributed by atoms with Gasteiger partial charge in [0.05, 0.1) is 19.8 Å². The summed E-state index contributed by atoms with van der Waals surface area (Å²) >= 11 is 0. The Kier molecular flexibility index (Phi) is 7.64. The van der Waals surface area contributed by atoms with Crippen LogP contribution in [0.2, 0.25) is 0 Å². The molecule has 0 radical (unpaired) electrons. The van der Waals surface area contributed by atoms with Crippen LogP contribution in [-0.4, -0.2) is 38.8 Å². The summed E-state index contributed by atoms with van der Waals surface area (Å²) in [4.78, 5) is 13.8. The van der Waals surface area contributed by atoms with Crippen molar-refractivity contribution >= 4 is 12.0 Å². The van der Waals surface area contributed by atoms with Gasteiger partial charge >= 0.3 is 0 Å². The fourth-order valence-corrected chi connectivity index (χ4v) is 3.32. The lowest BCUT2D eigenvalue weighted by Gasteiger charge is -2.24. The van der Waals surface area contributed by atoms with E-state index in [1.54, 1.807) is 12.2 Å². The van der Waals surface area contributed by atoms with Crippen LogP contribution in [0, 0.1) is 0 Å². The summed E-state index contributed by atoms with van der Waals surface area (Å²) in [6, 6.07) is 16.0. The topological polar surface area (TPSA) is 52.0 Å². The van der Waals surface area contributed by atoms with Crippen molar-refractivity contribution in [2.24, 2.45) is 0 Å².